The lowest BCUT2D eigenvalue weighted by molar-refractivity contribution is 0.894. The molecule has 3 heterocycles. The Balaban J connectivity index is 2.12. The Hall–Kier alpha value is -1.69. The molecule has 0 aromatic carbocycles. The second-order valence-corrected chi connectivity index (χ2v) is 3.70. The Morgan fingerprint density at radius 2 is 1.50 bits per heavy atom. The van der Waals surface area contributed by atoms with Gasteiger partial charge in [0, 0.05) is 0 Å². The summed E-state index contributed by atoms with van der Waals surface area (Å²) < 4.78 is 0. The monoisotopic (exact) mass is 203 g/mol. The van der Waals surface area contributed by atoms with Gasteiger partial charge in [0.2, 0.25) is 0 Å². The van der Waals surface area contributed by atoms with Gasteiger partial charge in [0.25, 0.3) is 0 Å². The molecule has 0 saturated carbocycles. The van der Waals surface area contributed by atoms with Crippen molar-refractivity contribution >= 4 is 23.1 Å². The predicted octanol–water partition coefficient (Wildman–Crippen LogP) is 1.47. The minimum Gasteiger partial charge on any atom is -0.351 e. The van der Waals surface area contributed by atoms with E-state index in [0.29, 0.717) is 0 Å². The molecule has 2 aromatic heterocycles. The van der Waals surface area contributed by atoms with E-state index in [2.05, 4.69) is 25.7 Å². The van der Waals surface area contributed by atoms with E-state index in [1.807, 2.05) is 12.1 Å². The van der Waals surface area contributed by atoms with Crippen LogP contribution < -0.4 is 5.32 Å². The van der Waals surface area contributed by atoms with Crippen LogP contribution in [0.5, 0.6) is 0 Å². The van der Waals surface area contributed by atoms with Crippen LogP contribution in [0.1, 0.15) is 0 Å². The Morgan fingerprint density at radius 1 is 0.929 bits per heavy atom. The lowest BCUT2D eigenvalue weighted by atomic mass is 10.4. The van der Waals surface area contributed by atoms with Crippen molar-refractivity contribution in [3.8, 4) is 0 Å². The quantitative estimate of drug-likeness (QED) is 0.597. The Kier molecular flexibility index (Phi) is 1.60. The first-order chi connectivity index (χ1) is 6.93. The lowest BCUT2D eigenvalue weighted by Gasteiger charge is -2.16. The van der Waals surface area contributed by atoms with Crippen LogP contribution in [0.2, 0.25) is 0 Å². The molecule has 3 rings (SSSR count). The van der Waals surface area contributed by atoms with E-state index >= 15 is 0 Å². The van der Waals surface area contributed by atoms with Crippen LogP contribution in [0.4, 0.5) is 11.4 Å². The van der Waals surface area contributed by atoms with Crippen molar-refractivity contribution < 1.29 is 0 Å². The summed E-state index contributed by atoms with van der Waals surface area (Å²) in [6.45, 7) is 0. The third-order valence-electron chi connectivity index (χ3n) is 1.84. The predicted molar refractivity (Wildman–Crippen MR) is 51.5 cm³/mol. The molecule has 6 heteroatoms. The van der Waals surface area contributed by atoms with Crippen molar-refractivity contribution in [2.75, 3.05) is 5.32 Å². The van der Waals surface area contributed by atoms with E-state index in [-0.39, 0.29) is 0 Å². The smallest absolute Gasteiger partial charge is 0.149 e. The number of rotatable bonds is 0. The van der Waals surface area contributed by atoms with Crippen molar-refractivity contribution in [1.82, 2.24) is 20.4 Å². The molecule has 2 aromatic rings. The SMILES string of the molecule is c1cc2c(nn1)Sc1nnccc1N2. The molecule has 0 amide bonds. The molecule has 0 aliphatic carbocycles. The maximum absolute atomic E-state index is 4.00. The van der Waals surface area contributed by atoms with E-state index in [0.717, 1.165) is 21.4 Å². The molecule has 14 heavy (non-hydrogen) atoms. The highest BCUT2D eigenvalue weighted by atomic mass is 32.2. The maximum Gasteiger partial charge on any atom is 0.149 e. The van der Waals surface area contributed by atoms with Crippen LogP contribution in [0.25, 0.3) is 0 Å². The first kappa shape index (κ1) is 7.69. The number of hydrogen-bond acceptors (Lipinski definition) is 6. The van der Waals surface area contributed by atoms with Gasteiger partial charge in [0.15, 0.2) is 0 Å². The van der Waals surface area contributed by atoms with Crippen LogP contribution in [0.3, 0.4) is 0 Å². The third-order valence-corrected chi connectivity index (χ3v) is 2.83. The largest absolute Gasteiger partial charge is 0.351 e. The number of aromatic nitrogens is 4. The van der Waals surface area contributed by atoms with E-state index < -0.39 is 0 Å². The van der Waals surface area contributed by atoms with Crippen LogP contribution in [-0.2, 0) is 0 Å². The zero-order valence-corrected chi connectivity index (χ0v) is 7.82. The Bertz CT molecular complexity index is 399. The molecule has 0 bridgehead atoms. The molecule has 0 saturated heterocycles. The summed E-state index contributed by atoms with van der Waals surface area (Å²) in [4.78, 5) is 0. The van der Waals surface area contributed by atoms with Crippen LogP contribution in [0, 0.1) is 0 Å². The fourth-order valence-electron chi connectivity index (χ4n) is 1.22. The average molecular weight is 203 g/mol. The van der Waals surface area contributed by atoms with Crippen LogP contribution >= 0.6 is 11.8 Å². The zero-order valence-electron chi connectivity index (χ0n) is 7.01. The first-order valence-corrected chi connectivity index (χ1v) is 4.83. The number of anilines is 2. The molecule has 0 spiro atoms. The van der Waals surface area contributed by atoms with E-state index in [9.17, 15) is 0 Å². The van der Waals surface area contributed by atoms with Crippen molar-refractivity contribution in [3.63, 3.8) is 0 Å². The molecule has 0 unspecified atom stereocenters. The fraction of sp³-hybridized carbons (Fsp3) is 0. The highest BCUT2D eigenvalue weighted by Crippen LogP contribution is 2.40. The third kappa shape index (κ3) is 1.12. The summed E-state index contributed by atoms with van der Waals surface area (Å²) >= 11 is 1.47. The molecule has 1 N–H and O–H groups in total. The summed E-state index contributed by atoms with van der Waals surface area (Å²) in [6.07, 6.45) is 3.32. The highest BCUT2D eigenvalue weighted by Gasteiger charge is 2.17. The van der Waals surface area contributed by atoms with Gasteiger partial charge in [-0.05, 0) is 23.9 Å². The van der Waals surface area contributed by atoms with Gasteiger partial charge in [0.1, 0.15) is 10.1 Å². The van der Waals surface area contributed by atoms with Gasteiger partial charge in [-0.1, -0.05) is 0 Å². The molecule has 0 atom stereocenters. The van der Waals surface area contributed by atoms with E-state index in [1.165, 1.54) is 11.8 Å². The topological polar surface area (TPSA) is 63.6 Å². The summed E-state index contributed by atoms with van der Waals surface area (Å²) in [6, 6.07) is 3.78. The van der Waals surface area contributed by atoms with Crippen molar-refractivity contribution in [2.24, 2.45) is 0 Å². The van der Waals surface area contributed by atoms with E-state index in [1.54, 1.807) is 12.4 Å². The van der Waals surface area contributed by atoms with Crippen LogP contribution in [-0.4, -0.2) is 20.4 Å². The molecule has 1 aliphatic heterocycles. The minimum absolute atomic E-state index is 0.834. The number of fused-ring (bicyclic) bond motifs is 2. The Labute approximate surface area is 84.0 Å². The van der Waals surface area contributed by atoms with Gasteiger partial charge in [-0.25, -0.2) is 0 Å². The first-order valence-electron chi connectivity index (χ1n) is 4.02. The van der Waals surface area contributed by atoms with Gasteiger partial charge in [0.05, 0.1) is 23.8 Å². The molecule has 1 aliphatic rings. The van der Waals surface area contributed by atoms with Gasteiger partial charge in [-0.2, -0.15) is 10.2 Å². The standard InChI is InChI=1S/C8H5N5S/c1-3-9-12-7-5(1)11-6-2-4-10-13-8(6)14-7/h1-4,11H. The second-order valence-electron chi connectivity index (χ2n) is 2.73. The van der Waals surface area contributed by atoms with Gasteiger partial charge in [-0.15, -0.1) is 10.2 Å². The lowest BCUT2D eigenvalue weighted by Crippen LogP contribution is -2.03. The summed E-state index contributed by atoms with van der Waals surface area (Å²) in [5, 5.41) is 20.5. The van der Waals surface area contributed by atoms with Gasteiger partial charge in [-0.3, -0.25) is 0 Å². The highest BCUT2D eigenvalue weighted by molar-refractivity contribution is 7.99. The average Bonchev–Trinajstić information content (AvgIpc) is 2.26. The van der Waals surface area contributed by atoms with Crippen molar-refractivity contribution in [1.29, 1.82) is 0 Å². The van der Waals surface area contributed by atoms with Crippen molar-refractivity contribution in [3.05, 3.63) is 24.5 Å². The number of hydrogen-bond donors (Lipinski definition) is 1. The Morgan fingerprint density at radius 3 is 2.07 bits per heavy atom. The maximum atomic E-state index is 4.00. The minimum atomic E-state index is 0.834. The fourth-order valence-corrected chi connectivity index (χ4v) is 2.03. The van der Waals surface area contributed by atoms with E-state index in [4.69, 9.17) is 0 Å². The van der Waals surface area contributed by atoms with Gasteiger partial charge < -0.3 is 5.32 Å². The van der Waals surface area contributed by atoms with Crippen molar-refractivity contribution in [2.45, 2.75) is 10.1 Å². The molecule has 68 valence electrons. The normalized spacial score (nSPS) is 12.6. The second kappa shape index (κ2) is 2.91. The summed E-state index contributed by atoms with van der Waals surface area (Å²) in [5.41, 5.74) is 1.93. The van der Waals surface area contributed by atoms with Gasteiger partial charge >= 0.3 is 0 Å². The molecule has 0 radical (unpaired) electrons. The zero-order chi connectivity index (χ0) is 9.38. The number of nitrogens with zero attached hydrogens (tertiary/aromatic N) is 4. The number of nitrogens with one attached hydrogen (secondary N) is 1. The summed E-state index contributed by atoms with van der Waals surface area (Å²) in [5.74, 6) is 0. The molecular weight excluding hydrogens is 198 g/mol. The molecular formula is C8H5N5S. The molecule has 5 nitrogen and oxygen atoms in total. The van der Waals surface area contributed by atoms with Crippen LogP contribution in [0.15, 0.2) is 34.6 Å². The molecule has 0 fully saturated rings. The summed E-state index contributed by atoms with van der Waals surface area (Å²) in [7, 11) is 0.